The van der Waals surface area contributed by atoms with Gasteiger partial charge in [0.25, 0.3) is 0 Å². The highest BCUT2D eigenvalue weighted by atomic mass is 79.9. The van der Waals surface area contributed by atoms with Crippen molar-refractivity contribution < 1.29 is 0 Å². The van der Waals surface area contributed by atoms with Crippen LogP contribution in [0.15, 0.2) is 15.9 Å². The average Bonchev–Trinajstić information content (AvgIpc) is 2.78. The first-order chi connectivity index (χ1) is 9.08. The molecule has 5 heteroatoms. The summed E-state index contributed by atoms with van der Waals surface area (Å²) >= 11 is 5.39. The van der Waals surface area contributed by atoms with E-state index >= 15 is 0 Å². The van der Waals surface area contributed by atoms with Crippen molar-refractivity contribution in [1.82, 2.24) is 15.1 Å². The summed E-state index contributed by atoms with van der Waals surface area (Å²) in [7, 11) is 6.57. The molecule has 2 atom stereocenters. The molecule has 1 aliphatic heterocycles. The zero-order chi connectivity index (χ0) is 13.8. The van der Waals surface area contributed by atoms with Crippen LogP contribution in [0.2, 0.25) is 0 Å². The Hall–Kier alpha value is 0.0600. The number of likely N-dealkylation sites (N-methyl/N-ethyl adjacent to an activating group) is 3. The Bertz CT molecular complexity index is 396. The minimum atomic E-state index is 0.560. The van der Waals surface area contributed by atoms with Gasteiger partial charge in [0, 0.05) is 36.6 Å². The van der Waals surface area contributed by atoms with Crippen LogP contribution in [-0.4, -0.2) is 62.7 Å². The molecule has 0 radical (unpaired) electrons. The second-order valence-electron chi connectivity index (χ2n) is 5.53. The van der Waals surface area contributed by atoms with Crippen molar-refractivity contribution in [3.63, 3.8) is 0 Å². The van der Waals surface area contributed by atoms with Crippen LogP contribution in [0.4, 0.5) is 0 Å². The van der Waals surface area contributed by atoms with Gasteiger partial charge in [0.2, 0.25) is 0 Å². The number of hydrogen-bond donors (Lipinski definition) is 1. The predicted octanol–water partition coefficient (Wildman–Crippen LogP) is 2.28. The van der Waals surface area contributed by atoms with E-state index in [1.54, 1.807) is 0 Å². The van der Waals surface area contributed by atoms with Crippen LogP contribution in [0.25, 0.3) is 0 Å². The SMILES string of the molecule is CNC(Cc1ccc(Br)s1)CC1CN(C)CCN1C. The first-order valence-corrected chi connectivity index (χ1v) is 8.49. The van der Waals surface area contributed by atoms with Gasteiger partial charge in [0.15, 0.2) is 0 Å². The minimum absolute atomic E-state index is 0.560. The maximum atomic E-state index is 3.54. The Morgan fingerprint density at radius 2 is 2.21 bits per heavy atom. The molecule has 1 saturated heterocycles. The van der Waals surface area contributed by atoms with Gasteiger partial charge in [-0.25, -0.2) is 0 Å². The zero-order valence-electron chi connectivity index (χ0n) is 12.0. The third-order valence-corrected chi connectivity index (χ3v) is 5.67. The summed E-state index contributed by atoms with van der Waals surface area (Å²) < 4.78 is 1.23. The lowest BCUT2D eigenvalue weighted by atomic mass is 10.0. The molecule has 3 nitrogen and oxygen atoms in total. The molecular weight excluding hydrogens is 322 g/mol. The lowest BCUT2D eigenvalue weighted by Gasteiger charge is -2.39. The van der Waals surface area contributed by atoms with Gasteiger partial charge in [-0.1, -0.05) is 0 Å². The molecule has 1 aliphatic rings. The van der Waals surface area contributed by atoms with Crippen molar-refractivity contribution >= 4 is 27.3 Å². The van der Waals surface area contributed by atoms with E-state index in [1.165, 1.54) is 34.7 Å². The summed E-state index contributed by atoms with van der Waals surface area (Å²) in [5.41, 5.74) is 0. The topological polar surface area (TPSA) is 18.5 Å². The number of thiophene rings is 1. The molecule has 0 bridgehead atoms. The fraction of sp³-hybridized carbons (Fsp3) is 0.714. The van der Waals surface area contributed by atoms with Crippen LogP contribution in [-0.2, 0) is 6.42 Å². The number of nitrogens with one attached hydrogen (secondary N) is 1. The number of halogens is 1. The zero-order valence-corrected chi connectivity index (χ0v) is 14.4. The lowest BCUT2D eigenvalue weighted by Crippen LogP contribution is -2.52. The number of nitrogens with zero attached hydrogens (tertiary/aromatic N) is 2. The highest BCUT2D eigenvalue weighted by Gasteiger charge is 2.25. The highest BCUT2D eigenvalue weighted by molar-refractivity contribution is 9.11. The molecule has 1 aromatic heterocycles. The van der Waals surface area contributed by atoms with Crippen LogP contribution >= 0.6 is 27.3 Å². The summed E-state index contributed by atoms with van der Waals surface area (Å²) in [5.74, 6) is 0. The van der Waals surface area contributed by atoms with Crippen LogP contribution < -0.4 is 5.32 Å². The van der Waals surface area contributed by atoms with Crippen molar-refractivity contribution in [3.8, 4) is 0 Å². The van der Waals surface area contributed by atoms with E-state index in [-0.39, 0.29) is 0 Å². The van der Waals surface area contributed by atoms with Crippen LogP contribution in [0.1, 0.15) is 11.3 Å². The fourth-order valence-electron chi connectivity index (χ4n) is 2.69. The van der Waals surface area contributed by atoms with E-state index in [0.29, 0.717) is 12.1 Å². The summed E-state index contributed by atoms with van der Waals surface area (Å²) in [6.45, 7) is 3.56. The van der Waals surface area contributed by atoms with E-state index in [1.807, 2.05) is 11.3 Å². The summed E-state index contributed by atoms with van der Waals surface area (Å²) in [5, 5.41) is 3.49. The van der Waals surface area contributed by atoms with E-state index in [2.05, 4.69) is 64.3 Å². The maximum absolute atomic E-state index is 3.54. The number of rotatable bonds is 5. The molecule has 0 spiro atoms. The molecule has 0 saturated carbocycles. The smallest absolute Gasteiger partial charge is 0.0701 e. The average molecular weight is 346 g/mol. The largest absolute Gasteiger partial charge is 0.317 e. The second kappa shape index (κ2) is 7.18. The van der Waals surface area contributed by atoms with Gasteiger partial charge in [0.05, 0.1) is 3.79 Å². The van der Waals surface area contributed by atoms with Crippen LogP contribution in [0.3, 0.4) is 0 Å². The monoisotopic (exact) mass is 345 g/mol. The van der Waals surface area contributed by atoms with Crippen LogP contribution in [0.5, 0.6) is 0 Å². The van der Waals surface area contributed by atoms with Crippen LogP contribution in [0, 0.1) is 0 Å². The van der Waals surface area contributed by atoms with Gasteiger partial charge in [-0.2, -0.15) is 0 Å². The van der Waals surface area contributed by atoms with Crippen molar-refractivity contribution in [2.45, 2.75) is 24.9 Å². The van der Waals surface area contributed by atoms with Crippen molar-refractivity contribution in [1.29, 1.82) is 0 Å². The molecule has 2 heterocycles. The van der Waals surface area contributed by atoms with E-state index in [9.17, 15) is 0 Å². The molecule has 1 aromatic rings. The Kier molecular flexibility index (Phi) is 5.84. The summed E-state index contributed by atoms with van der Waals surface area (Å²) in [4.78, 5) is 6.41. The van der Waals surface area contributed by atoms with Gasteiger partial charge in [-0.15, -0.1) is 11.3 Å². The normalized spacial score (nSPS) is 23.7. The van der Waals surface area contributed by atoms with Gasteiger partial charge in [-0.05, 0) is 62.0 Å². The molecule has 108 valence electrons. The Morgan fingerprint density at radius 3 is 2.84 bits per heavy atom. The van der Waals surface area contributed by atoms with Gasteiger partial charge in [0.1, 0.15) is 0 Å². The second-order valence-corrected chi connectivity index (χ2v) is 8.08. The maximum Gasteiger partial charge on any atom is 0.0701 e. The molecule has 1 fully saturated rings. The fourth-order valence-corrected chi connectivity index (χ4v) is 4.25. The number of hydrogen-bond acceptors (Lipinski definition) is 4. The van der Waals surface area contributed by atoms with E-state index < -0.39 is 0 Å². The van der Waals surface area contributed by atoms with Gasteiger partial charge >= 0.3 is 0 Å². The highest BCUT2D eigenvalue weighted by Crippen LogP contribution is 2.24. The number of piperazine rings is 1. The Morgan fingerprint density at radius 1 is 1.42 bits per heavy atom. The van der Waals surface area contributed by atoms with Gasteiger partial charge in [-0.3, -0.25) is 0 Å². The van der Waals surface area contributed by atoms with E-state index in [0.717, 1.165) is 6.42 Å². The standard InChI is InChI=1S/C14H24BrN3S/c1-16-11(9-13-4-5-14(15)19-13)8-12-10-17(2)6-7-18(12)3/h4-5,11-12,16H,6-10H2,1-3H3. The molecule has 1 N–H and O–H groups in total. The first kappa shape index (κ1) is 15.4. The quantitative estimate of drug-likeness (QED) is 0.883. The van der Waals surface area contributed by atoms with E-state index in [4.69, 9.17) is 0 Å². The Labute approximate surface area is 129 Å². The minimum Gasteiger partial charge on any atom is -0.317 e. The summed E-state index contributed by atoms with van der Waals surface area (Å²) in [6, 6.07) is 5.60. The third-order valence-electron chi connectivity index (χ3n) is 4.02. The molecular formula is C14H24BrN3S. The molecule has 2 rings (SSSR count). The molecule has 0 aromatic carbocycles. The van der Waals surface area contributed by atoms with Crippen molar-refractivity contribution in [3.05, 3.63) is 20.8 Å². The molecule has 0 amide bonds. The van der Waals surface area contributed by atoms with Crippen molar-refractivity contribution in [2.24, 2.45) is 0 Å². The first-order valence-electron chi connectivity index (χ1n) is 6.88. The van der Waals surface area contributed by atoms with Crippen molar-refractivity contribution in [2.75, 3.05) is 40.8 Å². The van der Waals surface area contributed by atoms with Gasteiger partial charge < -0.3 is 15.1 Å². The molecule has 0 aliphatic carbocycles. The molecule has 2 unspecified atom stereocenters. The Balaban J connectivity index is 1.90. The lowest BCUT2D eigenvalue weighted by molar-refractivity contribution is 0.102. The third kappa shape index (κ3) is 4.53. The summed E-state index contributed by atoms with van der Waals surface area (Å²) in [6.07, 6.45) is 2.34. The predicted molar refractivity (Wildman–Crippen MR) is 87.1 cm³/mol. The molecule has 19 heavy (non-hydrogen) atoms.